The molecule has 14 nitrogen and oxygen atoms in total. The van der Waals surface area contributed by atoms with Gasteiger partial charge in [-0.1, -0.05) is 60.7 Å². The lowest BCUT2D eigenvalue weighted by Gasteiger charge is -2.33. The number of hydrogen-bond donors (Lipinski definition) is 2. The summed E-state index contributed by atoms with van der Waals surface area (Å²) in [7, 11) is 1.17. The zero-order chi connectivity index (χ0) is 30.4. The second-order valence-electron chi connectivity index (χ2n) is 9.40. The predicted octanol–water partition coefficient (Wildman–Crippen LogP) is 4.31. The minimum atomic E-state index is -1.58. The number of nitro groups is 3. The smallest absolute Gasteiger partial charge is 0.314 e. The lowest BCUT2D eigenvalue weighted by atomic mass is 9.73. The van der Waals surface area contributed by atoms with Crippen LogP contribution < -0.4 is 10.2 Å². The quantitative estimate of drug-likeness (QED) is 0.231. The summed E-state index contributed by atoms with van der Waals surface area (Å²) in [5.41, 5.74) is -2.16. The van der Waals surface area contributed by atoms with Crippen LogP contribution >= 0.6 is 0 Å². The molecule has 0 amide bonds. The number of rotatable bonds is 7. The number of allylic oxidation sites excluding steroid dienone is 1. The summed E-state index contributed by atoms with van der Waals surface area (Å²) in [5.74, 6) is -4.40. The Hall–Kier alpha value is -5.21. The van der Waals surface area contributed by atoms with E-state index in [-0.39, 0.29) is 16.8 Å². The molecule has 1 fully saturated rings. The van der Waals surface area contributed by atoms with E-state index in [0.29, 0.717) is 11.6 Å². The highest BCUT2D eigenvalue weighted by Gasteiger charge is 2.50. The molecule has 0 bridgehead atoms. The summed E-state index contributed by atoms with van der Waals surface area (Å²) in [6.45, 7) is 3.83. The summed E-state index contributed by atoms with van der Waals surface area (Å²) < 4.78 is 5.01. The fourth-order valence-electron chi connectivity index (χ4n) is 5.02. The van der Waals surface area contributed by atoms with Gasteiger partial charge >= 0.3 is 5.70 Å². The first-order chi connectivity index (χ1) is 20.1. The topological polar surface area (TPSA) is 191 Å². The lowest BCUT2D eigenvalue weighted by molar-refractivity contribution is -0.434. The number of non-ortho nitro benzene ring substituents is 1. The number of fused-ring (bicyclic) bond motifs is 1. The van der Waals surface area contributed by atoms with Crippen LogP contribution in [-0.4, -0.2) is 59.0 Å². The number of ketones is 1. The van der Waals surface area contributed by atoms with Crippen LogP contribution in [0.3, 0.4) is 0 Å². The minimum absolute atomic E-state index is 0.193. The van der Waals surface area contributed by atoms with Gasteiger partial charge in [0.1, 0.15) is 5.69 Å². The number of benzene rings is 3. The zero-order valence-corrected chi connectivity index (χ0v) is 22.4. The molecule has 2 aliphatic heterocycles. The number of nitrogens with zero attached hydrogens (tertiary/aromatic N) is 4. The molecule has 2 heterocycles. The maximum atomic E-state index is 13.8. The third-order valence-electron chi connectivity index (χ3n) is 6.90. The Labute approximate surface area is 239 Å². The van der Waals surface area contributed by atoms with Crippen LogP contribution in [0, 0.1) is 30.3 Å². The SMILES string of the molecule is C1COCCN1.CN1C(O)=C([N+](=O)[O-])C(C(C(=O)c2ccccc2)c2ccccc2)c2cc([N+](=O)[O-])cc([N+](=O)[O-])c21. The molecule has 0 spiro atoms. The van der Waals surface area contributed by atoms with Crippen LogP contribution in [0.15, 0.2) is 84.4 Å². The van der Waals surface area contributed by atoms with E-state index < -0.39 is 55.3 Å². The molecule has 218 valence electrons. The Bertz CT molecular complexity index is 1510. The number of nitrogens with one attached hydrogen (secondary N) is 1. The number of aliphatic hydroxyl groups excluding tert-OH is 1. The van der Waals surface area contributed by atoms with Crippen LogP contribution in [0.5, 0.6) is 0 Å². The van der Waals surface area contributed by atoms with Gasteiger partial charge in [-0.3, -0.25) is 35.1 Å². The molecule has 0 aromatic heterocycles. The van der Waals surface area contributed by atoms with Crippen molar-refractivity contribution in [1.29, 1.82) is 0 Å². The van der Waals surface area contributed by atoms with Crippen LogP contribution in [-0.2, 0) is 4.74 Å². The second-order valence-corrected chi connectivity index (χ2v) is 9.40. The summed E-state index contributed by atoms with van der Waals surface area (Å²) in [5, 5.41) is 49.8. The van der Waals surface area contributed by atoms with Crippen molar-refractivity contribution in [3.63, 3.8) is 0 Å². The molecule has 0 aliphatic carbocycles. The van der Waals surface area contributed by atoms with Gasteiger partial charge < -0.3 is 20.1 Å². The molecule has 0 radical (unpaired) electrons. The molecule has 2 N–H and O–H groups in total. The highest BCUT2D eigenvalue weighted by molar-refractivity contribution is 6.02. The molecular formula is C28H27N5O9. The standard InChI is InChI=1S/C24H18N4O8.C4H9NO/c1-25-21-17(12-16(26(31)32)13-18(21)27(33)34)20(22(24(25)30)28(35)36)19(14-8-4-2-5-9-14)23(29)15-10-6-3-7-11-15;1-3-6-4-2-5-1/h2-13,19-20,30H,1H3;5H,1-4H2. The fourth-order valence-corrected chi connectivity index (χ4v) is 5.02. The maximum Gasteiger partial charge on any atom is 0.314 e. The van der Waals surface area contributed by atoms with Crippen molar-refractivity contribution in [2.75, 3.05) is 38.3 Å². The van der Waals surface area contributed by atoms with Gasteiger partial charge in [0.15, 0.2) is 5.78 Å². The molecule has 3 aromatic carbocycles. The number of ether oxygens (including phenoxy) is 1. The van der Waals surface area contributed by atoms with E-state index in [2.05, 4.69) is 5.32 Å². The van der Waals surface area contributed by atoms with Gasteiger partial charge in [-0.25, -0.2) is 0 Å². The van der Waals surface area contributed by atoms with Crippen molar-refractivity contribution in [2.24, 2.45) is 0 Å². The number of morpholine rings is 1. The minimum Gasteiger partial charge on any atom is -0.490 e. The summed E-state index contributed by atoms with van der Waals surface area (Å²) >= 11 is 0. The van der Waals surface area contributed by atoms with E-state index in [1.807, 2.05) is 0 Å². The summed E-state index contributed by atoms with van der Waals surface area (Å²) in [6, 6.07) is 17.6. The Morgan fingerprint density at radius 2 is 1.52 bits per heavy atom. The number of aliphatic hydroxyl groups is 1. The first-order valence-electron chi connectivity index (χ1n) is 12.8. The number of carbonyl (C=O) groups excluding carboxylic acids is 1. The average Bonchev–Trinajstić information content (AvgIpc) is 3.01. The fraction of sp³-hybridized carbons (Fsp3) is 0.250. The third-order valence-corrected chi connectivity index (χ3v) is 6.90. The number of Topliss-reactive ketones (excluding diaryl/α,β-unsaturated/α-hetero) is 1. The van der Waals surface area contributed by atoms with Gasteiger partial charge in [-0.05, 0) is 5.56 Å². The van der Waals surface area contributed by atoms with E-state index in [4.69, 9.17) is 4.74 Å². The Morgan fingerprint density at radius 1 is 0.929 bits per heavy atom. The van der Waals surface area contributed by atoms with E-state index in [0.717, 1.165) is 37.3 Å². The van der Waals surface area contributed by atoms with Crippen molar-refractivity contribution in [1.82, 2.24) is 5.32 Å². The average molecular weight is 578 g/mol. The number of hydrogen-bond acceptors (Lipinski definition) is 11. The Morgan fingerprint density at radius 3 is 2.00 bits per heavy atom. The molecule has 14 heteroatoms. The third kappa shape index (κ3) is 6.09. The second kappa shape index (κ2) is 13.0. The molecule has 1 saturated heterocycles. The lowest BCUT2D eigenvalue weighted by Crippen LogP contribution is -2.35. The van der Waals surface area contributed by atoms with Crippen molar-refractivity contribution in [2.45, 2.75) is 11.8 Å². The number of nitro benzene ring substituents is 2. The van der Waals surface area contributed by atoms with Crippen LogP contribution in [0.2, 0.25) is 0 Å². The summed E-state index contributed by atoms with van der Waals surface area (Å²) in [6.07, 6.45) is 0. The Balaban J connectivity index is 0.000000600. The van der Waals surface area contributed by atoms with Crippen molar-refractivity contribution < 1.29 is 29.4 Å². The predicted molar refractivity (Wildman–Crippen MR) is 151 cm³/mol. The van der Waals surface area contributed by atoms with Gasteiger partial charge in [0.25, 0.3) is 17.3 Å². The first kappa shape index (κ1) is 29.8. The van der Waals surface area contributed by atoms with E-state index in [1.165, 1.54) is 19.2 Å². The van der Waals surface area contributed by atoms with Crippen LogP contribution in [0.25, 0.3) is 0 Å². The molecule has 42 heavy (non-hydrogen) atoms. The van der Waals surface area contributed by atoms with Gasteiger partial charge in [-0.2, -0.15) is 0 Å². The number of carbonyl (C=O) groups is 1. The summed E-state index contributed by atoms with van der Waals surface area (Å²) in [4.78, 5) is 47.8. The highest BCUT2D eigenvalue weighted by Crippen LogP contribution is 2.52. The number of anilines is 1. The monoisotopic (exact) mass is 577 g/mol. The van der Waals surface area contributed by atoms with Crippen molar-refractivity contribution in [3.8, 4) is 0 Å². The largest absolute Gasteiger partial charge is 0.490 e. The van der Waals surface area contributed by atoms with E-state index in [9.17, 15) is 40.2 Å². The van der Waals surface area contributed by atoms with Gasteiger partial charge in [-0.15, -0.1) is 0 Å². The van der Waals surface area contributed by atoms with E-state index >= 15 is 0 Å². The molecule has 3 aromatic rings. The molecule has 2 unspecified atom stereocenters. The molecule has 0 saturated carbocycles. The van der Waals surface area contributed by atoms with Crippen molar-refractivity contribution in [3.05, 3.63) is 131 Å². The Kier molecular flexibility index (Phi) is 9.19. The van der Waals surface area contributed by atoms with Crippen molar-refractivity contribution >= 4 is 22.8 Å². The van der Waals surface area contributed by atoms with Gasteiger partial charge in [0, 0.05) is 37.3 Å². The van der Waals surface area contributed by atoms with Crippen LogP contribution in [0.4, 0.5) is 17.1 Å². The van der Waals surface area contributed by atoms with Gasteiger partial charge in [0.05, 0.1) is 45.9 Å². The van der Waals surface area contributed by atoms with Crippen LogP contribution in [0.1, 0.15) is 33.3 Å². The molecule has 2 atom stereocenters. The normalized spacial score (nSPS) is 16.9. The maximum absolute atomic E-state index is 13.8. The molecule has 2 aliphatic rings. The van der Waals surface area contributed by atoms with E-state index in [1.54, 1.807) is 48.5 Å². The van der Waals surface area contributed by atoms with Gasteiger partial charge in [0.2, 0.25) is 0 Å². The molecule has 5 rings (SSSR count). The first-order valence-corrected chi connectivity index (χ1v) is 12.8. The molecular weight excluding hydrogens is 550 g/mol. The zero-order valence-electron chi connectivity index (χ0n) is 22.4. The highest BCUT2D eigenvalue weighted by atomic mass is 16.6.